The molecule has 0 aliphatic carbocycles. The van der Waals surface area contributed by atoms with Gasteiger partial charge in [0.25, 0.3) is 15.9 Å². The zero-order valence-electron chi connectivity index (χ0n) is 11.1. The first-order valence-electron chi connectivity index (χ1n) is 6.14. The minimum Gasteiger partial charge on any atom is -0.366 e. The van der Waals surface area contributed by atoms with Crippen molar-refractivity contribution in [2.75, 3.05) is 4.72 Å². The van der Waals surface area contributed by atoms with Crippen LogP contribution in [0.3, 0.4) is 0 Å². The second-order valence-corrected chi connectivity index (χ2v) is 6.05. The molecule has 6 nitrogen and oxygen atoms in total. The van der Waals surface area contributed by atoms with E-state index in [-0.39, 0.29) is 16.1 Å². The average molecular weight is 305 g/mol. The quantitative estimate of drug-likeness (QED) is 0.765. The number of carbonyl (C=O) groups excluding carboxylic acids is 1. The Labute approximate surface area is 122 Å². The molecule has 0 aliphatic heterocycles. The number of hydrogen-bond acceptors (Lipinski definition) is 4. The lowest BCUT2D eigenvalue weighted by atomic mass is 10.2. The zero-order chi connectivity index (χ0) is 15.5. The van der Waals surface area contributed by atoms with Crippen LogP contribution in [-0.4, -0.2) is 14.3 Å². The molecule has 5 N–H and O–H groups in total. The molecule has 0 atom stereocenters. The second-order valence-electron chi connectivity index (χ2n) is 4.36. The van der Waals surface area contributed by atoms with Crippen LogP contribution in [0.25, 0.3) is 0 Å². The van der Waals surface area contributed by atoms with Gasteiger partial charge in [-0.2, -0.15) is 0 Å². The van der Waals surface area contributed by atoms with Crippen LogP contribution in [0.1, 0.15) is 15.9 Å². The first-order valence-corrected chi connectivity index (χ1v) is 7.63. The average Bonchev–Trinajstić information content (AvgIpc) is 2.47. The second kappa shape index (κ2) is 5.94. The molecule has 21 heavy (non-hydrogen) atoms. The summed E-state index contributed by atoms with van der Waals surface area (Å²) >= 11 is 0. The molecule has 0 saturated heterocycles. The van der Waals surface area contributed by atoms with E-state index >= 15 is 0 Å². The minimum absolute atomic E-state index is 0.0824. The zero-order valence-corrected chi connectivity index (χ0v) is 11.9. The van der Waals surface area contributed by atoms with Gasteiger partial charge in [-0.25, -0.2) is 8.42 Å². The molecule has 0 radical (unpaired) electrons. The van der Waals surface area contributed by atoms with Crippen molar-refractivity contribution < 1.29 is 13.2 Å². The highest BCUT2D eigenvalue weighted by Gasteiger charge is 2.17. The molecule has 0 aliphatic rings. The van der Waals surface area contributed by atoms with Gasteiger partial charge in [-0.3, -0.25) is 9.52 Å². The Kier molecular flexibility index (Phi) is 4.25. The maximum atomic E-state index is 12.3. The van der Waals surface area contributed by atoms with Gasteiger partial charge in [-0.05, 0) is 29.8 Å². The number of primary amides is 1. The summed E-state index contributed by atoms with van der Waals surface area (Å²) in [6, 6.07) is 12.3. The predicted molar refractivity (Wildman–Crippen MR) is 80.1 cm³/mol. The number of benzene rings is 2. The first-order chi connectivity index (χ1) is 9.94. The lowest BCUT2D eigenvalue weighted by Gasteiger charge is -2.11. The van der Waals surface area contributed by atoms with Crippen LogP contribution < -0.4 is 16.2 Å². The number of nitrogens with two attached hydrogens (primary N) is 2. The van der Waals surface area contributed by atoms with Crippen LogP contribution in [0.4, 0.5) is 5.69 Å². The molecule has 0 heterocycles. The van der Waals surface area contributed by atoms with Gasteiger partial charge in [0, 0.05) is 6.54 Å². The van der Waals surface area contributed by atoms with E-state index in [0.29, 0.717) is 6.54 Å². The Morgan fingerprint density at radius 3 is 2.24 bits per heavy atom. The molecule has 0 saturated carbocycles. The van der Waals surface area contributed by atoms with Crippen LogP contribution in [0.2, 0.25) is 0 Å². The van der Waals surface area contributed by atoms with Crippen molar-refractivity contribution in [3.63, 3.8) is 0 Å². The van der Waals surface area contributed by atoms with Gasteiger partial charge in [0.1, 0.15) is 0 Å². The fourth-order valence-corrected chi connectivity index (χ4v) is 2.88. The van der Waals surface area contributed by atoms with Gasteiger partial charge < -0.3 is 11.5 Å². The van der Waals surface area contributed by atoms with Gasteiger partial charge in [-0.1, -0.05) is 24.3 Å². The van der Waals surface area contributed by atoms with E-state index in [2.05, 4.69) is 4.72 Å². The maximum absolute atomic E-state index is 12.3. The number of anilines is 1. The molecular formula is C14H15N3O3S. The summed E-state index contributed by atoms with van der Waals surface area (Å²) in [4.78, 5) is 11.4. The molecule has 2 aromatic rings. The van der Waals surface area contributed by atoms with Gasteiger partial charge in [0.15, 0.2) is 0 Å². The maximum Gasteiger partial charge on any atom is 0.261 e. The fraction of sp³-hybridized carbons (Fsp3) is 0.0714. The van der Waals surface area contributed by atoms with E-state index in [1.165, 1.54) is 24.3 Å². The Balaban J connectivity index is 2.35. The molecule has 7 heteroatoms. The summed E-state index contributed by atoms with van der Waals surface area (Å²) in [5.41, 5.74) is 11.8. The third kappa shape index (κ3) is 3.39. The normalized spacial score (nSPS) is 11.1. The Morgan fingerprint density at radius 2 is 1.67 bits per heavy atom. The van der Waals surface area contributed by atoms with Gasteiger partial charge in [-0.15, -0.1) is 0 Å². The summed E-state index contributed by atoms with van der Waals surface area (Å²) in [6.07, 6.45) is 0. The number of carbonyl (C=O) groups is 1. The Bertz CT molecular complexity index is 755. The lowest BCUT2D eigenvalue weighted by molar-refractivity contribution is 0.100. The molecule has 2 rings (SSSR count). The predicted octanol–water partition coefficient (Wildman–Crippen LogP) is 1.04. The van der Waals surface area contributed by atoms with Crippen LogP contribution in [0.5, 0.6) is 0 Å². The Morgan fingerprint density at radius 1 is 1.05 bits per heavy atom. The summed E-state index contributed by atoms with van der Waals surface area (Å²) < 4.78 is 26.9. The SMILES string of the molecule is NCc1ccc(S(=O)(=O)Nc2ccccc2C(N)=O)cc1. The van der Waals surface area contributed by atoms with Crippen molar-refractivity contribution in [1.29, 1.82) is 0 Å². The smallest absolute Gasteiger partial charge is 0.261 e. The summed E-state index contributed by atoms with van der Waals surface area (Å²) in [5.74, 6) is -0.702. The highest BCUT2D eigenvalue weighted by molar-refractivity contribution is 7.92. The largest absolute Gasteiger partial charge is 0.366 e. The number of amides is 1. The number of nitrogens with one attached hydrogen (secondary N) is 1. The van der Waals surface area contributed by atoms with E-state index < -0.39 is 15.9 Å². The lowest BCUT2D eigenvalue weighted by Crippen LogP contribution is -2.18. The third-order valence-corrected chi connectivity index (χ3v) is 4.29. The topological polar surface area (TPSA) is 115 Å². The standard InChI is InChI=1S/C14H15N3O3S/c15-9-10-5-7-11(8-6-10)21(19,20)17-13-4-2-1-3-12(13)14(16)18/h1-8,17H,9,15H2,(H2,16,18). The van der Waals surface area contributed by atoms with Gasteiger partial charge in [0.2, 0.25) is 0 Å². The van der Waals surface area contributed by atoms with E-state index in [1.807, 2.05) is 0 Å². The molecule has 0 bridgehead atoms. The first kappa shape index (κ1) is 15.0. The molecule has 0 unspecified atom stereocenters. The number of sulfonamides is 1. The van der Waals surface area contributed by atoms with Crippen LogP contribution in [0.15, 0.2) is 53.4 Å². The molecular weight excluding hydrogens is 290 g/mol. The van der Waals surface area contributed by atoms with Crippen LogP contribution in [0, 0.1) is 0 Å². The van der Waals surface area contributed by atoms with Gasteiger partial charge in [0.05, 0.1) is 16.1 Å². The fourth-order valence-electron chi connectivity index (χ4n) is 1.80. The van der Waals surface area contributed by atoms with E-state index in [9.17, 15) is 13.2 Å². The van der Waals surface area contributed by atoms with E-state index in [1.54, 1.807) is 24.3 Å². The van der Waals surface area contributed by atoms with E-state index in [4.69, 9.17) is 11.5 Å². The van der Waals surface area contributed by atoms with Crippen molar-refractivity contribution in [2.24, 2.45) is 11.5 Å². The summed E-state index contributed by atoms with van der Waals surface area (Å²) in [7, 11) is -3.79. The van der Waals surface area contributed by atoms with Crippen molar-refractivity contribution in [3.8, 4) is 0 Å². The number of rotatable bonds is 5. The highest BCUT2D eigenvalue weighted by Crippen LogP contribution is 2.20. The molecule has 110 valence electrons. The summed E-state index contributed by atoms with van der Waals surface area (Å²) in [6.45, 7) is 0.332. The van der Waals surface area contributed by atoms with Crippen LogP contribution in [-0.2, 0) is 16.6 Å². The third-order valence-electron chi connectivity index (χ3n) is 2.91. The number of hydrogen-bond donors (Lipinski definition) is 3. The molecule has 1 amide bonds. The van der Waals surface area contributed by atoms with Crippen LogP contribution >= 0.6 is 0 Å². The van der Waals surface area contributed by atoms with Gasteiger partial charge >= 0.3 is 0 Å². The Hall–Kier alpha value is -2.38. The van der Waals surface area contributed by atoms with Crippen molar-refractivity contribution in [3.05, 3.63) is 59.7 Å². The molecule has 0 aromatic heterocycles. The van der Waals surface area contributed by atoms with Crippen molar-refractivity contribution in [2.45, 2.75) is 11.4 Å². The number of para-hydroxylation sites is 1. The molecule has 0 fully saturated rings. The molecule has 0 spiro atoms. The summed E-state index contributed by atoms with van der Waals surface area (Å²) in [5, 5.41) is 0. The van der Waals surface area contributed by atoms with E-state index in [0.717, 1.165) is 5.56 Å². The van der Waals surface area contributed by atoms with Crippen molar-refractivity contribution >= 4 is 21.6 Å². The monoisotopic (exact) mass is 305 g/mol. The van der Waals surface area contributed by atoms with Crippen molar-refractivity contribution in [1.82, 2.24) is 0 Å². The molecule has 2 aromatic carbocycles. The minimum atomic E-state index is -3.79. The highest BCUT2D eigenvalue weighted by atomic mass is 32.2.